The molecule has 2 rings (SSSR count). The summed E-state index contributed by atoms with van der Waals surface area (Å²) in [4.78, 5) is 37.0. The molecule has 166 valence electrons. The van der Waals surface area contributed by atoms with Crippen molar-refractivity contribution in [2.75, 3.05) is 13.2 Å². The van der Waals surface area contributed by atoms with Crippen LogP contribution in [0.5, 0.6) is 0 Å². The Bertz CT molecular complexity index is 695. The number of carbonyl (C=O) groups is 3. The Morgan fingerprint density at radius 1 is 1.23 bits per heavy atom. The minimum atomic E-state index is -0.789. The summed E-state index contributed by atoms with van der Waals surface area (Å²) in [6.07, 6.45) is 1.73. The average molecular weight is 420 g/mol. The Hall–Kier alpha value is -2.61. The SMILES string of the molecule is CC(C)C[C@H](NC(=O)OCc1ccccc1)C(=O)N[C@H](CO)C[C@@H]1CCCNC1=O. The Labute approximate surface area is 177 Å². The van der Waals surface area contributed by atoms with E-state index in [4.69, 9.17) is 4.74 Å². The van der Waals surface area contributed by atoms with Gasteiger partial charge in [-0.2, -0.15) is 0 Å². The van der Waals surface area contributed by atoms with Crippen LogP contribution in [0.3, 0.4) is 0 Å². The molecule has 1 aromatic rings. The van der Waals surface area contributed by atoms with Crippen LogP contribution in [-0.4, -0.2) is 48.2 Å². The van der Waals surface area contributed by atoms with E-state index in [1.807, 2.05) is 44.2 Å². The molecule has 30 heavy (non-hydrogen) atoms. The normalized spacial score (nSPS) is 18.3. The van der Waals surface area contributed by atoms with Crippen LogP contribution in [0, 0.1) is 11.8 Å². The molecule has 1 heterocycles. The quantitative estimate of drug-likeness (QED) is 0.461. The molecule has 8 nitrogen and oxygen atoms in total. The number of aliphatic hydroxyl groups excluding tert-OH is 1. The number of nitrogens with one attached hydrogen (secondary N) is 3. The van der Waals surface area contributed by atoms with Gasteiger partial charge in [-0.3, -0.25) is 9.59 Å². The van der Waals surface area contributed by atoms with E-state index in [1.54, 1.807) is 0 Å². The maximum absolute atomic E-state index is 12.8. The van der Waals surface area contributed by atoms with Crippen LogP contribution < -0.4 is 16.0 Å². The minimum absolute atomic E-state index is 0.0460. The lowest BCUT2D eigenvalue weighted by Gasteiger charge is -2.27. The predicted octanol–water partition coefficient (Wildman–Crippen LogP) is 1.72. The van der Waals surface area contributed by atoms with Crippen LogP contribution in [0.25, 0.3) is 0 Å². The first-order chi connectivity index (χ1) is 14.4. The maximum Gasteiger partial charge on any atom is 0.408 e. The Morgan fingerprint density at radius 3 is 2.60 bits per heavy atom. The summed E-state index contributed by atoms with van der Waals surface area (Å²) in [6, 6.07) is 7.94. The van der Waals surface area contributed by atoms with Crippen molar-refractivity contribution >= 4 is 17.9 Å². The first-order valence-electron chi connectivity index (χ1n) is 10.5. The monoisotopic (exact) mass is 419 g/mol. The van der Waals surface area contributed by atoms with Gasteiger partial charge in [0.15, 0.2) is 0 Å². The Morgan fingerprint density at radius 2 is 1.97 bits per heavy atom. The van der Waals surface area contributed by atoms with Crippen LogP contribution in [0.1, 0.15) is 45.1 Å². The standard InChI is InChI=1S/C22H33N3O5/c1-15(2)11-19(25-22(29)30-14-16-7-4-3-5-8-16)21(28)24-18(13-26)12-17-9-6-10-23-20(17)27/h3-5,7-8,15,17-19,26H,6,9-14H2,1-2H3,(H,23,27)(H,24,28)(H,25,29)/t17-,18-,19-/m0/s1. The van der Waals surface area contributed by atoms with Crippen LogP contribution in [0.2, 0.25) is 0 Å². The largest absolute Gasteiger partial charge is 0.445 e. The van der Waals surface area contributed by atoms with E-state index < -0.39 is 24.1 Å². The summed E-state index contributed by atoms with van der Waals surface area (Å²) in [5.41, 5.74) is 0.851. The zero-order chi connectivity index (χ0) is 21.9. The van der Waals surface area contributed by atoms with Crippen LogP contribution in [0.4, 0.5) is 4.79 Å². The van der Waals surface area contributed by atoms with E-state index in [0.717, 1.165) is 18.4 Å². The highest BCUT2D eigenvalue weighted by molar-refractivity contribution is 5.86. The highest BCUT2D eigenvalue weighted by atomic mass is 16.5. The number of amides is 3. The van der Waals surface area contributed by atoms with Gasteiger partial charge in [0.05, 0.1) is 12.6 Å². The predicted molar refractivity (Wildman–Crippen MR) is 112 cm³/mol. The van der Waals surface area contributed by atoms with E-state index in [2.05, 4.69) is 16.0 Å². The number of aliphatic hydroxyl groups is 1. The number of alkyl carbamates (subject to hydrolysis) is 1. The number of benzene rings is 1. The second-order valence-electron chi connectivity index (χ2n) is 8.14. The van der Waals surface area contributed by atoms with Crippen molar-refractivity contribution < 1.29 is 24.2 Å². The second-order valence-corrected chi connectivity index (χ2v) is 8.14. The van der Waals surface area contributed by atoms with Gasteiger partial charge in [0.1, 0.15) is 12.6 Å². The summed E-state index contributed by atoms with van der Waals surface area (Å²) < 4.78 is 5.22. The maximum atomic E-state index is 12.8. The molecule has 0 bridgehead atoms. The van der Waals surface area contributed by atoms with Crippen LogP contribution in [-0.2, 0) is 20.9 Å². The summed E-state index contributed by atoms with van der Waals surface area (Å²) in [6.45, 7) is 4.40. The highest BCUT2D eigenvalue weighted by Gasteiger charge is 2.29. The van der Waals surface area contributed by atoms with Crippen LogP contribution >= 0.6 is 0 Å². The van der Waals surface area contributed by atoms with Gasteiger partial charge in [0, 0.05) is 12.5 Å². The third-order valence-corrected chi connectivity index (χ3v) is 5.06. The first-order valence-corrected chi connectivity index (χ1v) is 10.5. The van der Waals surface area contributed by atoms with Crippen LogP contribution in [0.15, 0.2) is 30.3 Å². The van der Waals surface area contributed by atoms with E-state index >= 15 is 0 Å². The van der Waals surface area contributed by atoms with Crippen molar-refractivity contribution in [1.82, 2.24) is 16.0 Å². The number of carbonyl (C=O) groups excluding carboxylic acids is 3. The fourth-order valence-electron chi connectivity index (χ4n) is 3.49. The van der Waals surface area contributed by atoms with Crippen molar-refractivity contribution in [3.8, 4) is 0 Å². The first kappa shape index (κ1) is 23.7. The fraction of sp³-hybridized carbons (Fsp3) is 0.591. The molecule has 3 atom stereocenters. The number of hydrogen-bond donors (Lipinski definition) is 4. The van der Waals surface area contributed by atoms with Gasteiger partial charge in [-0.15, -0.1) is 0 Å². The molecule has 0 aromatic heterocycles. The van der Waals surface area contributed by atoms with Gasteiger partial charge in [-0.25, -0.2) is 4.79 Å². The third kappa shape index (κ3) is 8.02. The molecule has 0 radical (unpaired) electrons. The fourth-order valence-corrected chi connectivity index (χ4v) is 3.49. The number of hydrogen-bond acceptors (Lipinski definition) is 5. The Balaban J connectivity index is 1.90. The summed E-state index contributed by atoms with van der Waals surface area (Å²) in [5.74, 6) is -0.513. The molecular formula is C22H33N3O5. The zero-order valence-corrected chi connectivity index (χ0v) is 17.7. The van der Waals surface area contributed by atoms with E-state index in [-0.39, 0.29) is 31.0 Å². The van der Waals surface area contributed by atoms with Gasteiger partial charge in [-0.1, -0.05) is 44.2 Å². The molecular weight excluding hydrogens is 386 g/mol. The molecule has 0 aliphatic carbocycles. The van der Waals surface area contributed by atoms with Crippen molar-refractivity contribution in [1.29, 1.82) is 0 Å². The lowest BCUT2D eigenvalue weighted by molar-refractivity contribution is -0.128. The molecule has 3 amide bonds. The smallest absolute Gasteiger partial charge is 0.408 e. The van der Waals surface area contributed by atoms with Gasteiger partial charge in [0.2, 0.25) is 11.8 Å². The number of piperidine rings is 1. The lowest BCUT2D eigenvalue weighted by atomic mass is 9.91. The highest BCUT2D eigenvalue weighted by Crippen LogP contribution is 2.17. The molecule has 1 fully saturated rings. The van der Waals surface area contributed by atoms with Crippen molar-refractivity contribution in [3.63, 3.8) is 0 Å². The Kier molecular flexibility index (Phi) is 9.60. The average Bonchev–Trinajstić information content (AvgIpc) is 2.73. The summed E-state index contributed by atoms with van der Waals surface area (Å²) >= 11 is 0. The molecule has 0 saturated carbocycles. The van der Waals surface area contributed by atoms with E-state index in [1.165, 1.54) is 0 Å². The van der Waals surface area contributed by atoms with Crippen molar-refractivity contribution in [3.05, 3.63) is 35.9 Å². The van der Waals surface area contributed by atoms with Gasteiger partial charge >= 0.3 is 6.09 Å². The van der Waals surface area contributed by atoms with Crippen molar-refractivity contribution in [2.45, 2.75) is 58.2 Å². The second kappa shape index (κ2) is 12.2. The van der Waals surface area contributed by atoms with Gasteiger partial charge in [-0.05, 0) is 37.2 Å². The zero-order valence-electron chi connectivity index (χ0n) is 17.7. The molecule has 0 unspecified atom stereocenters. The van der Waals surface area contributed by atoms with Gasteiger partial charge < -0.3 is 25.8 Å². The molecule has 4 N–H and O–H groups in total. The molecule has 1 aromatic carbocycles. The van der Waals surface area contributed by atoms with E-state index in [0.29, 0.717) is 19.4 Å². The topological polar surface area (TPSA) is 117 Å². The lowest BCUT2D eigenvalue weighted by Crippen LogP contribution is -2.52. The molecule has 1 saturated heterocycles. The summed E-state index contributed by atoms with van der Waals surface area (Å²) in [7, 11) is 0. The molecule has 0 spiro atoms. The molecule has 1 aliphatic heterocycles. The summed E-state index contributed by atoms with van der Waals surface area (Å²) in [5, 5.41) is 17.9. The van der Waals surface area contributed by atoms with E-state index in [9.17, 15) is 19.5 Å². The molecule has 1 aliphatic rings. The number of rotatable bonds is 10. The third-order valence-electron chi connectivity index (χ3n) is 5.06. The minimum Gasteiger partial charge on any atom is -0.445 e. The van der Waals surface area contributed by atoms with Crippen molar-refractivity contribution in [2.24, 2.45) is 11.8 Å². The van der Waals surface area contributed by atoms with Gasteiger partial charge in [0.25, 0.3) is 0 Å². The number of ether oxygens (including phenoxy) is 1. The molecule has 8 heteroatoms.